The van der Waals surface area contributed by atoms with Crippen molar-refractivity contribution in [2.75, 3.05) is 0 Å². The van der Waals surface area contributed by atoms with Gasteiger partial charge in [-0.25, -0.2) is 5.43 Å². The van der Waals surface area contributed by atoms with Gasteiger partial charge in [0.15, 0.2) is 6.10 Å². The number of ether oxygens (including phenoxy) is 1. The highest BCUT2D eigenvalue weighted by Crippen LogP contribution is 2.22. The molecule has 5 nitrogen and oxygen atoms in total. The lowest BCUT2D eigenvalue weighted by atomic mass is 10.1. The number of carbonyl (C=O) groups is 1. The molecule has 1 N–H and O–H groups in total. The van der Waals surface area contributed by atoms with Gasteiger partial charge in [-0.1, -0.05) is 48.0 Å². The Morgan fingerprint density at radius 1 is 1.11 bits per heavy atom. The molecule has 0 bridgehead atoms. The summed E-state index contributed by atoms with van der Waals surface area (Å²) in [5.41, 5.74) is 5.53. The molecule has 28 heavy (non-hydrogen) atoms. The molecule has 0 unspecified atom stereocenters. The van der Waals surface area contributed by atoms with E-state index in [1.165, 1.54) is 0 Å². The molecule has 6 heteroatoms. The Balaban J connectivity index is 1.77. The number of hydrazone groups is 1. The third-order valence-electron chi connectivity index (χ3n) is 4.04. The molecule has 1 heterocycles. The summed E-state index contributed by atoms with van der Waals surface area (Å²) < 4.78 is 5.75. The summed E-state index contributed by atoms with van der Waals surface area (Å²) in [6.45, 7) is 3.54. The highest BCUT2D eigenvalue weighted by Gasteiger charge is 2.16. The van der Waals surface area contributed by atoms with Gasteiger partial charge in [0.05, 0.1) is 5.69 Å². The van der Waals surface area contributed by atoms with Gasteiger partial charge < -0.3 is 4.74 Å². The fourth-order valence-electron chi connectivity index (χ4n) is 2.56. The van der Waals surface area contributed by atoms with E-state index in [1.807, 2.05) is 55.5 Å². The third-order valence-corrected chi connectivity index (χ3v) is 4.28. The van der Waals surface area contributed by atoms with Gasteiger partial charge in [0, 0.05) is 16.8 Å². The molecular weight excluding hydrogens is 374 g/mol. The van der Waals surface area contributed by atoms with Crippen molar-refractivity contribution in [1.82, 2.24) is 10.4 Å². The molecular formula is C22H20ClN3O2. The Bertz CT molecular complexity index is 934. The van der Waals surface area contributed by atoms with E-state index >= 15 is 0 Å². The number of aryl methyl sites for hydroxylation is 1. The molecule has 1 atom stereocenters. The highest BCUT2D eigenvalue weighted by molar-refractivity contribution is 6.30. The zero-order valence-electron chi connectivity index (χ0n) is 15.6. The Kier molecular flexibility index (Phi) is 6.40. The van der Waals surface area contributed by atoms with Crippen LogP contribution in [0.5, 0.6) is 5.75 Å². The van der Waals surface area contributed by atoms with E-state index in [0.29, 0.717) is 22.2 Å². The van der Waals surface area contributed by atoms with Crippen LogP contribution in [-0.2, 0) is 4.79 Å². The summed E-state index contributed by atoms with van der Waals surface area (Å²) >= 11 is 5.96. The van der Waals surface area contributed by atoms with Crippen LogP contribution >= 0.6 is 11.6 Å². The average molecular weight is 394 g/mol. The van der Waals surface area contributed by atoms with Crippen LogP contribution in [0.3, 0.4) is 0 Å². The normalized spacial score (nSPS) is 12.3. The zero-order valence-corrected chi connectivity index (χ0v) is 16.4. The summed E-state index contributed by atoms with van der Waals surface area (Å²) in [7, 11) is 0. The molecule has 0 fully saturated rings. The van der Waals surface area contributed by atoms with Crippen molar-refractivity contribution < 1.29 is 9.53 Å². The fourth-order valence-corrected chi connectivity index (χ4v) is 2.79. The number of hydrogen-bond donors (Lipinski definition) is 1. The monoisotopic (exact) mass is 393 g/mol. The number of nitrogens with one attached hydrogen (secondary N) is 1. The molecule has 0 saturated carbocycles. The summed E-state index contributed by atoms with van der Waals surface area (Å²) in [5, 5.41) is 4.94. The van der Waals surface area contributed by atoms with Crippen molar-refractivity contribution in [3.05, 3.63) is 94.8 Å². The van der Waals surface area contributed by atoms with Crippen LogP contribution in [0, 0.1) is 6.92 Å². The topological polar surface area (TPSA) is 63.6 Å². The summed E-state index contributed by atoms with van der Waals surface area (Å²) in [4.78, 5) is 16.8. The smallest absolute Gasteiger partial charge is 0.280 e. The van der Waals surface area contributed by atoms with Crippen LogP contribution in [0.4, 0.5) is 0 Å². The molecule has 1 amide bonds. The maximum Gasteiger partial charge on any atom is 0.280 e. The number of halogens is 1. The predicted octanol–water partition coefficient (Wildman–Crippen LogP) is 4.38. The van der Waals surface area contributed by atoms with Crippen molar-refractivity contribution in [2.45, 2.75) is 20.0 Å². The number of amides is 1. The standard InChI is InChI=1S/C22H20ClN3O2/c1-15-14-18(23)11-12-20(15)28-16(2)22(27)26-25-21(17-8-4-3-5-9-17)19-10-6-7-13-24-19/h3-14,16H,1-2H3,(H,26,27)/b25-21-/t16-/m0/s1. The first kappa shape index (κ1) is 19.6. The Morgan fingerprint density at radius 2 is 1.86 bits per heavy atom. The molecule has 3 rings (SSSR count). The minimum absolute atomic E-state index is 0.362. The average Bonchev–Trinajstić information content (AvgIpc) is 2.71. The van der Waals surface area contributed by atoms with Gasteiger partial charge in [-0.05, 0) is 49.7 Å². The predicted molar refractivity (Wildman–Crippen MR) is 111 cm³/mol. The zero-order chi connectivity index (χ0) is 19.9. The Labute approximate surface area is 169 Å². The summed E-state index contributed by atoms with van der Waals surface area (Å²) in [6.07, 6.45) is 0.953. The maximum absolute atomic E-state index is 12.5. The van der Waals surface area contributed by atoms with Gasteiger partial charge in [-0.15, -0.1) is 0 Å². The van der Waals surface area contributed by atoms with E-state index in [1.54, 1.807) is 31.3 Å². The van der Waals surface area contributed by atoms with Crippen LogP contribution in [0.1, 0.15) is 23.7 Å². The summed E-state index contributed by atoms with van der Waals surface area (Å²) in [5.74, 6) is 0.239. The van der Waals surface area contributed by atoms with Crippen molar-refractivity contribution in [3.63, 3.8) is 0 Å². The number of rotatable bonds is 6. The number of benzene rings is 2. The van der Waals surface area contributed by atoms with E-state index in [4.69, 9.17) is 16.3 Å². The second kappa shape index (κ2) is 9.15. The largest absolute Gasteiger partial charge is 0.481 e. The van der Waals surface area contributed by atoms with Crippen LogP contribution in [-0.4, -0.2) is 22.7 Å². The minimum Gasteiger partial charge on any atom is -0.481 e. The van der Waals surface area contributed by atoms with Gasteiger partial charge in [-0.3, -0.25) is 9.78 Å². The number of nitrogens with zero attached hydrogens (tertiary/aromatic N) is 2. The second-order valence-corrected chi connectivity index (χ2v) is 6.62. The van der Waals surface area contributed by atoms with Crippen LogP contribution in [0.15, 0.2) is 78.0 Å². The van der Waals surface area contributed by atoms with E-state index in [9.17, 15) is 4.79 Å². The van der Waals surface area contributed by atoms with E-state index < -0.39 is 6.10 Å². The Morgan fingerprint density at radius 3 is 2.54 bits per heavy atom. The van der Waals surface area contributed by atoms with E-state index in [-0.39, 0.29) is 5.91 Å². The number of aromatic nitrogens is 1. The lowest BCUT2D eigenvalue weighted by molar-refractivity contribution is -0.127. The lowest BCUT2D eigenvalue weighted by Crippen LogP contribution is -2.34. The lowest BCUT2D eigenvalue weighted by Gasteiger charge is -2.15. The van der Waals surface area contributed by atoms with Crippen molar-refractivity contribution in [3.8, 4) is 5.75 Å². The SMILES string of the molecule is Cc1cc(Cl)ccc1O[C@@H](C)C(=O)N/N=C(/c1ccccc1)c1ccccn1. The molecule has 3 aromatic rings. The first-order chi connectivity index (χ1) is 13.5. The fraction of sp³-hybridized carbons (Fsp3) is 0.136. The van der Waals surface area contributed by atoms with Crippen LogP contribution in [0.2, 0.25) is 5.02 Å². The highest BCUT2D eigenvalue weighted by atomic mass is 35.5. The van der Waals surface area contributed by atoms with E-state index in [2.05, 4.69) is 15.5 Å². The Hall–Kier alpha value is -3.18. The molecule has 0 aliphatic rings. The van der Waals surface area contributed by atoms with Gasteiger partial charge in [0.25, 0.3) is 5.91 Å². The number of hydrogen-bond acceptors (Lipinski definition) is 4. The molecule has 0 spiro atoms. The van der Waals surface area contributed by atoms with Gasteiger partial charge in [-0.2, -0.15) is 5.10 Å². The number of pyridine rings is 1. The first-order valence-corrected chi connectivity index (χ1v) is 9.19. The first-order valence-electron chi connectivity index (χ1n) is 8.82. The molecule has 0 aliphatic heterocycles. The van der Waals surface area contributed by atoms with Gasteiger partial charge in [0.2, 0.25) is 0 Å². The molecule has 142 valence electrons. The summed E-state index contributed by atoms with van der Waals surface area (Å²) in [6, 6.07) is 20.4. The number of carbonyl (C=O) groups excluding carboxylic acids is 1. The third kappa shape index (κ3) is 4.96. The van der Waals surface area contributed by atoms with Crippen molar-refractivity contribution in [2.24, 2.45) is 5.10 Å². The molecule has 0 saturated heterocycles. The molecule has 1 aromatic heterocycles. The second-order valence-electron chi connectivity index (χ2n) is 6.19. The maximum atomic E-state index is 12.5. The quantitative estimate of drug-likeness (QED) is 0.499. The molecule has 2 aromatic carbocycles. The van der Waals surface area contributed by atoms with Crippen LogP contribution < -0.4 is 10.2 Å². The van der Waals surface area contributed by atoms with E-state index in [0.717, 1.165) is 11.1 Å². The van der Waals surface area contributed by atoms with Crippen molar-refractivity contribution >= 4 is 23.2 Å². The van der Waals surface area contributed by atoms with Crippen molar-refractivity contribution in [1.29, 1.82) is 0 Å². The van der Waals surface area contributed by atoms with Gasteiger partial charge in [0.1, 0.15) is 11.5 Å². The molecule has 0 radical (unpaired) electrons. The van der Waals surface area contributed by atoms with Gasteiger partial charge >= 0.3 is 0 Å². The minimum atomic E-state index is -0.732. The molecule has 0 aliphatic carbocycles. The van der Waals surface area contributed by atoms with Crippen LogP contribution in [0.25, 0.3) is 0 Å².